The zero-order valence-corrected chi connectivity index (χ0v) is 20.3. The van der Waals surface area contributed by atoms with Gasteiger partial charge in [0.15, 0.2) is 0 Å². The predicted molar refractivity (Wildman–Crippen MR) is 136 cm³/mol. The number of thioether (sulfide) groups is 1. The van der Waals surface area contributed by atoms with E-state index in [1.165, 1.54) is 64.2 Å². The molecule has 3 aliphatic carbocycles. The van der Waals surface area contributed by atoms with Crippen molar-refractivity contribution >= 4 is 29.5 Å². The Labute approximate surface area is 192 Å². The van der Waals surface area contributed by atoms with Crippen LogP contribution in [0.5, 0.6) is 0 Å². The highest BCUT2D eigenvalue weighted by Crippen LogP contribution is 2.60. The summed E-state index contributed by atoms with van der Waals surface area (Å²) in [6.45, 7) is 0. The van der Waals surface area contributed by atoms with Crippen molar-refractivity contribution in [2.75, 3.05) is 0 Å². The molecule has 0 unspecified atom stereocenters. The van der Waals surface area contributed by atoms with Crippen LogP contribution >= 0.6 is 18.9 Å². The molecular weight excluding hydrogens is 415 g/mol. The van der Waals surface area contributed by atoms with E-state index in [9.17, 15) is 0 Å². The Hall–Kier alpha value is -1.24. The molecule has 1 nitrogen and oxygen atoms in total. The topological polar surface area (TPSA) is 17.1 Å². The molecule has 2 aromatic carbocycles. The number of allylic oxidation sites excluding steroid dienone is 2. The molecular formula is C28H35OPS. The first kappa shape index (κ1) is 21.6. The fourth-order valence-electron chi connectivity index (χ4n) is 6.26. The predicted octanol–water partition coefficient (Wildman–Crippen LogP) is 7.67. The first-order valence-electron chi connectivity index (χ1n) is 12.4. The quantitative estimate of drug-likeness (QED) is 0.435. The molecule has 0 amide bonds. The van der Waals surface area contributed by atoms with Gasteiger partial charge in [0.1, 0.15) is 7.14 Å². The van der Waals surface area contributed by atoms with Gasteiger partial charge in [-0.2, -0.15) is 0 Å². The molecule has 0 radical (unpaired) electrons. The van der Waals surface area contributed by atoms with Crippen molar-refractivity contribution in [3.63, 3.8) is 0 Å². The third-order valence-corrected chi connectivity index (χ3v) is 13.0. The molecule has 5 rings (SSSR count). The molecule has 0 aliphatic heterocycles. The van der Waals surface area contributed by atoms with Crippen molar-refractivity contribution in [3.05, 3.63) is 71.1 Å². The van der Waals surface area contributed by atoms with E-state index in [1.54, 1.807) is 10.5 Å². The van der Waals surface area contributed by atoms with Gasteiger partial charge in [-0.05, 0) is 62.2 Å². The summed E-state index contributed by atoms with van der Waals surface area (Å²) in [5.74, 6) is 0.500. The van der Waals surface area contributed by atoms with Gasteiger partial charge < -0.3 is 4.57 Å². The molecule has 3 heteroatoms. The van der Waals surface area contributed by atoms with Crippen LogP contribution in [-0.4, -0.2) is 10.9 Å². The highest BCUT2D eigenvalue weighted by atomic mass is 32.2. The minimum Gasteiger partial charge on any atom is -0.313 e. The van der Waals surface area contributed by atoms with Gasteiger partial charge >= 0.3 is 0 Å². The van der Waals surface area contributed by atoms with Crippen molar-refractivity contribution < 1.29 is 4.57 Å². The van der Waals surface area contributed by atoms with Gasteiger partial charge in [-0.3, -0.25) is 0 Å². The van der Waals surface area contributed by atoms with E-state index >= 15 is 4.57 Å². The highest BCUT2D eigenvalue weighted by Gasteiger charge is 2.45. The van der Waals surface area contributed by atoms with Crippen molar-refractivity contribution in [1.29, 1.82) is 0 Å². The van der Waals surface area contributed by atoms with Crippen molar-refractivity contribution in [3.8, 4) is 0 Å². The molecule has 0 aromatic heterocycles. The van der Waals surface area contributed by atoms with Crippen molar-refractivity contribution in [2.24, 2.45) is 5.92 Å². The zero-order chi connectivity index (χ0) is 21.1. The minimum absolute atomic E-state index is 0.249. The molecule has 2 fully saturated rings. The average Bonchev–Trinajstić information content (AvgIpc) is 3.25. The van der Waals surface area contributed by atoms with E-state index in [1.807, 2.05) is 12.1 Å². The normalized spacial score (nSPS) is 25.3. The Kier molecular flexibility index (Phi) is 6.77. The molecule has 2 saturated carbocycles. The van der Waals surface area contributed by atoms with E-state index < -0.39 is 7.14 Å². The molecule has 0 bridgehead atoms. The maximum atomic E-state index is 15.1. The molecule has 164 valence electrons. The molecule has 2 atom stereocenters. The minimum atomic E-state index is -2.71. The first-order chi connectivity index (χ1) is 15.3. The van der Waals surface area contributed by atoms with E-state index in [4.69, 9.17) is 0 Å². The van der Waals surface area contributed by atoms with E-state index in [0.29, 0.717) is 5.92 Å². The summed E-state index contributed by atoms with van der Waals surface area (Å²) in [7, 11) is -2.71. The number of hydrogen-bond acceptors (Lipinski definition) is 2. The largest absolute Gasteiger partial charge is 0.313 e. The smallest absolute Gasteiger partial charge is 0.146 e. The first-order valence-corrected chi connectivity index (χ1v) is 15.0. The van der Waals surface area contributed by atoms with Crippen LogP contribution in [0.15, 0.2) is 71.1 Å². The Bertz CT molecular complexity index is 902. The lowest BCUT2D eigenvalue weighted by molar-refractivity contribution is 0.516. The van der Waals surface area contributed by atoms with Gasteiger partial charge in [-0.15, -0.1) is 11.8 Å². The van der Waals surface area contributed by atoms with Crippen LogP contribution in [0.2, 0.25) is 0 Å². The van der Waals surface area contributed by atoms with E-state index in [-0.39, 0.29) is 5.66 Å². The van der Waals surface area contributed by atoms with Crippen LogP contribution in [-0.2, 0) is 4.57 Å². The van der Waals surface area contributed by atoms with Gasteiger partial charge in [0.05, 0.1) is 0 Å². The van der Waals surface area contributed by atoms with Crippen molar-refractivity contribution in [2.45, 2.75) is 81.5 Å². The van der Waals surface area contributed by atoms with Crippen LogP contribution in [0, 0.1) is 5.92 Å². The summed E-state index contributed by atoms with van der Waals surface area (Å²) < 4.78 is 15.1. The Morgan fingerprint density at radius 3 is 1.94 bits per heavy atom. The number of benzene rings is 2. The zero-order valence-electron chi connectivity index (χ0n) is 18.5. The Balaban J connectivity index is 1.54. The maximum absolute atomic E-state index is 15.1. The molecule has 2 aromatic rings. The molecule has 0 N–H and O–H groups in total. The average molecular weight is 451 g/mol. The fraction of sp³-hybridized carbons (Fsp3) is 0.500. The summed E-state index contributed by atoms with van der Waals surface area (Å²) in [5.41, 5.74) is 1.95. The molecule has 0 heterocycles. The van der Waals surface area contributed by atoms with E-state index in [0.717, 1.165) is 22.3 Å². The molecule has 0 spiro atoms. The summed E-state index contributed by atoms with van der Waals surface area (Å²) in [5, 5.41) is 2.94. The molecule has 31 heavy (non-hydrogen) atoms. The lowest BCUT2D eigenvalue weighted by atomic mass is 9.98. The van der Waals surface area contributed by atoms with Gasteiger partial charge in [-0.1, -0.05) is 85.5 Å². The molecule has 0 saturated heterocycles. The van der Waals surface area contributed by atoms with Gasteiger partial charge in [-0.25, -0.2) is 0 Å². The lowest BCUT2D eigenvalue weighted by Gasteiger charge is -2.33. The van der Waals surface area contributed by atoms with Crippen molar-refractivity contribution in [1.82, 2.24) is 0 Å². The number of rotatable bonds is 5. The standard InChI is InChI=1S/C28H35OPS/c29-30(22-12-4-1-5-13-22,23-14-6-2-7-15-23)27-20-11-21-28(26-19-10-18-25(26)27)31-24-16-8-3-9-17-24/h1-2,4-7,12-15,24-25,27H,3,8-11,16-21H2/t25-,27-/m1/s1. The summed E-state index contributed by atoms with van der Waals surface area (Å²) in [6.07, 6.45) is 14.2. The van der Waals surface area contributed by atoms with Gasteiger partial charge in [0.25, 0.3) is 0 Å². The summed E-state index contributed by atoms with van der Waals surface area (Å²) in [4.78, 5) is 1.70. The van der Waals surface area contributed by atoms with Crippen LogP contribution in [0.25, 0.3) is 0 Å². The monoisotopic (exact) mass is 450 g/mol. The van der Waals surface area contributed by atoms with E-state index in [2.05, 4.69) is 60.3 Å². The second-order valence-electron chi connectivity index (χ2n) is 9.61. The lowest BCUT2D eigenvalue weighted by Crippen LogP contribution is -2.30. The summed E-state index contributed by atoms with van der Waals surface area (Å²) in [6, 6.07) is 20.8. The maximum Gasteiger partial charge on any atom is 0.146 e. The second-order valence-corrected chi connectivity index (χ2v) is 14.0. The second kappa shape index (κ2) is 9.72. The Morgan fingerprint density at radius 1 is 0.677 bits per heavy atom. The molecule has 3 aliphatic rings. The number of hydrogen-bond donors (Lipinski definition) is 0. The number of fused-ring (bicyclic) bond motifs is 1. The SMILES string of the molecule is O=P(c1ccccc1)(c1ccccc1)[C@@H]1CCCC(SC2CCCCC2)=C2CCC[C@H]21. The van der Waals surface area contributed by atoms with Gasteiger partial charge in [0.2, 0.25) is 0 Å². The highest BCUT2D eigenvalue weighted by molar-refractivity contribution is 8.03. The third kappa shape index (κ3) is 4.36. The Morgan fingerprint density at radius 2 is 1.29 bits per heavy atom. The fourth-order valence-corrected chi connectivity index (χ4v) is 11.6. The van der Waals surface area contributed by atoms with Gasteiger partial charge in [0, 0.05) is 21.5 Å². The van der Waals surface area contributed by atoms with Crippen LogP contribution < -0.4 is 10.6 Å². The summed E-state index contributed by atoms with van der Waals surface area (Å²) >= 11 is 2.23. The van der Waals surface area contributed by atoms with Crippen LogP contribution in [0.4, 0.5) is 0 Å². The third-order valence-electron chi connectivity index (χ3n) is 7.74. The van der Waals surface area contributed by atoms with Crippen LogP contribution in [0.3, 0.4) is 0 Å². The van der Waals surface area contributed by atoms with Crippen LogP contribution in [0.1, 0.15) is 70.6 Å².